The fraction of sp³-hybridized carbons (Fsp3) is 0.188. The van der Waals surface area contributed by atoms with Crippen LogP contribution in [0.4, 0.5) is 14.5 Å². The molecule has 0 aliphatic carbocycles. The van der Waals surface area contributed by atoms with Crippen molar-refractivity contribution in [3.8, 4) is 0 Å². The van der Waals surface area contributed by atoms with Crippen LogP contribution in [-0.4, -0.2) is 18.9 Å². The molecule has 20 heavy (non-hydrogen) atoms. The van der Waals surface area contributed by atoms with Gasteiger partial charge in [-0.3, -0.25) is 4.79 Å². The average molecular weight is 275 g/mol. The van der Waals surface area contributed by atoms with Gasteiger partial charge < -0.3 is 4.90 Å². The quantitative estimate of drug-likeness (QED) is 0.776. The van der Waals surface area contributed by atoms with Crippen LogP contribution in [0.25, 0.3) is 0 Å². The summed E-state index contributed by atoms with van der Waals surface area (Å²) in [4.78, 5) is 13.9. The number of nitrogens with zero attached hydrogens (tertiary/aromatic N) is 1. The van der Waals surface area contributed by atoms with Crippen molar-refractivity contribution in [2.75, 3.05) is 18.0 Å². The number of anilines is 1. The van der Waals surface area contributed by atoms with Crippen LogP contribution in [-0.2, 0) is 0 Å². The average Bonchev–Trinajstić information content (AvgIpc) is 2.45. The third-order valence-electron chi connectivity index (χ3n) is 3.05. The summed E-state index contributed by atoms with van der Waals surface area (Å²) in [6, 6.07) is 11.6. The maximum absolute atomic E-state index is 13.1. The third kappa shape index (κ3) is 3.41. The Balaban J connectivity index is 2.14. The molecule has 0 unspecified atom stereocenters. The van der Waals surface area contributed by atoms with Gasteiger partial charge in [-0.25, -0.2) is 8.78 Å². The first-order chi connectivity index (χ1) is 9.60. The van der Waals surface area contributed by atoms with Gasteiger partial charge in [-0.15, -0.1) is 0 Å². The number of hydrogen-bond donors (Lipinski definition) is 0. The SMILES string of the molecule is CCN(CC(=O)c1cccc(F)c1)c1ccc(F)cc1. The normalized spacial score (nSPS) is 10.3. The number of halogens is 2. The van der Waals surface area contributed by atoms with Crippen molar-refractivity contribution in [3.63, 3.8) is 0 Å². The minimum Gasteiger partial charge on any atom is -0.364 e. The molecular formula is C16H15F2NO. The molecule has 2 nitrogen and oxygen atoms in total. The van der Waals surface area contributed by atoms with E-state index in [2.05, 4.69) is 0 Å². The smallest absolute Gasteiger partial charge is 0.182 e. The Labute approximate surface area is 116 Å². The Morgan fingerprint density at radius 2 is 1.75 bits per heavy atom. The lowest BCUT2D eigenvalue weighted by atomic mass is 10.1. The number of Topliss-reactive ketones (excluding diaryl/α,β-unsaturated/α-hetero) is 1. The van der Waals surface area contributed by atoms with E-state index in [4.69, 9.17) is 0 Å². The Bertz CT molecular complexity index is 596. The summed E-state index contributed by atoms with van der Waals surface area (Å²) in [5.74, 6) is -0.919. The van der Waals surface area contributed by atoms with E-state index in [1.807, 2.05) is 11.8 Å². The van der Waals surface area contributed by atoms with Crippen molar-refractivity contribution in [3.05, 3.63) is 65.7 Å². The van der Waals surface area contributed by atoms with Gasteiger partial charge in [0, 0.05) is 17.8 Å². The van der Waals surface area contributed by atoms with Crippen LogP contribution in [0.5, 0.6) is 0 Å². The van der Waals surface area contributed by atoms with Crippen molar-refractivity contribution in [1.29, 1.82) is 0 Å². The topological polar surface area (TPSA) is 20.3 Å². The number of carbonyl (C=O) groups is 1. The van der Waals surface area contributed by atoms with Gasteiger partial charge in [-0.1, -0.05) is 12.1 Å². The molecule has 0 saturated heterocycles. The maximum atomic E-state index is 13.1. The Kier molecular flexibility index (Phi) is 4.45. The molecule has 0 amide bonds. The number of carbonyl (C=O) groups excluding carboxylic acids is 1. The Morgan fingerprint density at radius 3 is 2.35 bits per heavy atom. The number of hydrogen-bond acceptors (Lipinski definition) is 2. The minimum absolute atomic E-state index is 0.131. The van der Waals surface area contributed by atoms with Crippen molar-refractivity contribution in [2.24, 2.45) is 0 Å². The summed E-state index contributed by atoms with van der Waals surface area (Å²) in [6.07, 6.45) is 0. The largest absolute Gasteiger partial charge is 0.364 e. The second kappa shape index (κ2) is 6.28. The predicted molar refractivity (Wildman–Crippen MR) is 75.0 cm³/mol. The second-order valence-electron chi connectivity index (χ2n) is 4.42. The molecule has 0 aromatic heterocycles. The van der Waals surface area contributed by atoms with Gasteiger partial charge in [0.05, 0.1) is 6.54 Å². The standard InChI is InChI=1S/C16H15F2NO/c1-2-19(15-8-6-13(17)7-9-15)11-16(20)12-4-3-5-14(18)10-12/h3-10H,2,11H2,1H3. The molecule has 4 heteroatoms. The van der Waals surface area contributed by atoms with Gasteiger partial charge in [-0.05, 0) is 43.3 Å². The minimum atomic E-state index is -0.430. The van der Waals surface area contributed by atoms with Crippen LogP contribution < -0.4 is 4.90 Å². The lowest BCUT2D eigenvalue weighted by Gasteiger charge is -2.22. The highest BCUT2D eigenvalue weighted by Gasteiger charge is 2.12. The van der Waals surface area contributed by atoms with Crippen molar-refractivity contribution >= 4 is 11.5 Å². The zero-order valence-electron chi connectivity index (χ0n) is 11.1. The molecule has 2 rings (SSSR count). The van der Waals surface area contributed by atoms with Crippen LogP contribution in [0.1, 0.15) is 17.3 Å². The molecule has 0 aliphatic heterocycles. The molecule has 0 saturated carbocycles. The van der Waals surface area contributed by atoms with Gasteiger partial charge >= 0.3 is 0 Å². The highest BCUT2D eigenvalue weighted by atomic mass is 19.1. The zero-order chi connectivity index (χ0) is 14.5. The predicted octanol–water partition coefficient (Wildman–Crippen LogP) is 3.67. The zero-order valence-corrected chi connectivity index (χ0v) is 11.1. The van der Waals surface area contributed by atoms with Crippen molar-refractivity contribution in [1.82, 2.24) is 0 Å². The van der Waals surface area contributed by atoms with Gasteiger partial charge in [0.25, 0.3) is 0 Å². The molecule has 104 valence electrons. The number of ketones is 1. The number of rotatable bonds is 5. The summed E-state index contributed by atoms with van der Waals surface area (Å²) < 4.78 is 26.0. The Hall–Kier alpha value is -2.23. The van der Waals surface area contributed by atoms with Crippen LogP contribution in [0.2, 0.25) is 0 Å². The summed E-state index contributed by atoms with van der Waals surface area (Å²) >= 11 is 0. The molecule has 0 bridgehead atoms. The van der Waals surface area contributed by atoms with Crippen LogP contribution in [0.15, 0.2) is 48.5 Å². The first-order valence-corrected chi connectivity index (χ1v) is 6.39. The molecule has 0 radical (unpaired) electrons. The van der Waals surface area contributed by atoms with Gasteiger partial charge in [0.15, 0.2) is 5.78 Å². The Morgan fingerprint density at radius 1 is 1.05 bits per heavy atom. The van der Waals surface area contributed by atoms with E-state index >= 15 is 0 Å². The van der Waals surface area contributed by atoms with E-state index in [1.165, 1.54) is 30.3 Å². The molecule has 2 aromatic carbocycles. The van der Waals surface area contributed by atoms with Gasteiger partial charge in [0.1, 0.15) is 11.6 Å². The van der Waals surface area contributed by atoms with E-state index in [1.54, 1.807) is 18.2 Å². The summed E-state index contributed by atoms with van der Waals surface area (Å²) in [6.45, 7) is 2.64. The summed E-state index contributed by atoms with van der Waals surface area (Å²) in [5.41, 5.74) is 1.10. The van der Waals surface area contributed by atoms with Crippen LogP contribution in [0.3, 0.4) is 0 Å². The van der Waals surface area contributed by atoms with Gasteiger partial charge in [-0.2, -0.15) is 0 Å². The molecule has 0 spiro atoms. The fourth-order valence-electron chi connectivity index (χ4n) is 1.96. The lowest BCUT2D eigenvalue weighted by Crippen LogP contribution is -2.29. The lowest BCUT2D eigenvalue weighted by molar-refractivity contribution is 0.0999. The van der Waals surface area contributed by atoms with Crippen molar-refractivity contribution < 1.29 is 13.6 Å². The maximum Gasteiger partial charge on any atom is 0.182 e. The van der Waals surface area contributed by atoms with Crippen LogP contribution >= 0.6 is 0 Å². The molecule has 0 heterocycles. The number of likely N-dealkylation sites (N-methyl/N-ethyl adjacent to an activating group) is 1. The molecule has 2 aromatic rings. The first-order valence-electron chi connectivity index (χ1n) is 6.39. The third-order valence-corrected chi connectivity index (χ3v) is 3.05. The molecular weight excluding hydrogens is 260 g/mol. The van der Waals surface area contributed by atoms with E-state index in [-0.39, 0.29) is 18.1 Å². The highest BCUT2D eigenvalue weighted by molar-refractivity contribution is 5.99. The molecule has 0 aliphatic rings. The summed E-state index contributed by atoms with van der Waals surface area (Å²) in [5, 5.41) is 0. The molecule has 0 N–H and O–H groups in total. The second-order valence-corrected chi connectivity index (χ2v) is 4.42. The first kappa shape index (κ1) is 14.2. The van der Waals surface area contributed by atoms with E-state index in [0.717, 1.165) is 5.69 Å². The van der Waals surface area contributed by atoms with E-state index < -0.39 is 5.82 Å². The monoisotopic (exact) mass is 275 g/mol. The molecule has 0 atom stereocenters. The summed E-state index contributed by atoms with van der Waals surface area (Å²) in [7, 11) is 0. The van der Waals surface area contributed by atoms with E-state index in [9.17, 15) is 13.6 Å². The van der Waals surface area contributed by atoms with Gasteiger partial charge in [0.2, 0.25) is 0 Å². The van der Waals surface area contributed by atoms with Crippen molar-refractivity contribution in [2.45, 2.75) is 6.92 Å². The number of benzene rings is 2. The molecule has 0 fully saturated rings. The van der Waals surface area contributed by atoms with Crippen LogP contribution in [0, 0.1) is 11.6 Å². The fourth-order valence-corrected chi connectivity index (χ4v) is 1.96. The highest BCUT2D eigenvalue weighted by Crippen LogP contribution is 2.15. The van der Waals surface area contributed by atoms with E-state index in [0.29, 0.717) is 12.1 Å².